The van der Waals surface area contributed by atoms with Gasteiger partial charge in [0.2, 0.25) is 0 Å². The van der Waals surface area contributed by atoms with Gasteiger partial charge in [-0.25, -0.2) is 0 Å². The molecule has 0 heterocycles. The van der Waals surface area contributed by atoms with Crippen LogP contribution in [0.25, 0.3) is 0 Å². The summed E-state index contributed by atoms with van der Waals surface area (Å²) in [7, 11) is 1.53. The fourth-order valence-corrected chi connectivity index (χ4v) is 2.18. The first-order chi connectivity index (χ1) is 10.1. The molecule has 0 unspecified atom stereocenters. The lowest BCUT2D eigenvalue weighted by Crippen LogP contribution is -2.20. The van der Waals surface area contributed by atoms with E-state index in [0.29, 0.717) is 23.1 Å². The summed E-state index contributed by atoms with van der Waals surface area (Å²) in [6.45, 7) is 3.61. The summed E-state index contributed by atoms with van der Waals surface area (Å²) >= 11 is 6.17. The number of ether oxygens (including phenoxy) is 2. The second kappa shape index (κ2) is 9.47. The number of benzene rings is 1. The Kier molecular flexibility index (Phi) is 7.93. The van der Waals surface area contributed by atoms with Crippen LogP contribution in [0.2, 0.25) is 5.02 Å². The second-order valence-corrected chi connectivity index (χ2v) is 5.16. The molecule has 0 fully saturated rings. The van der Waals surface area contributed by atoms with E-state index in [1.54, 1.807) is 6.07 Å². The predicted molar refractivity (Wildman–Crippen MR) is 83.9 cm³/mol. The zero-order valence-electron chi connectivity index (χ0n) is 12.6. The van der Waals surface area contributed by atoms with Crippen LogP contribution in [0, 0.1) is 0 Å². The molecule has 118 valence electrons. The zero-order valence-corrected chi connectivity index (χ0v) is 13.3. The zero-order chi connectivity index (χ0) is 15.7. The molecule has 1 aromatic rings. The number of hydrogen-bond acceptors (Lipinski definition) is 4. The Balaban J connectivity index is 2.67. The van der Waals surface area contributed by atoms with E-state index in [1.807, 2.05) is 6.07 Å². The first kappa shape index (κ1) is 17.6. The van der Waals surface area contributed by atoms with Gasteiger partial charge < -0.3 is 20.5 Å². The van der Waals surface area contributed by atoms with Crippen LogP contribution in [0.5, 0.6) is 11.5 Å². The van der Waals surface area contributed by atoms with Crippen LogP contribution < -0.4 is 20.5 Å². The monoisotopic (exact) mass is 314 g/mol. The summed E-state index contributed by atoms with van der Waals surface area (Å²) in [6.07, 6.45) is 3.57. The maximum absolute atomic E-state index is 10.8. The van der Waals surface area contributed by atoms with Gasteiger partial charge in [-0.15, -0.1) is 0 Å². The number of unbranched alkanes of at least 4 members (excludes halogenated alkanes) is 2. The fourth-order valence-electron chi connectivity index (χ4n) is 1.89. The van der Waals surface area contributed by atoms with Gasteiger partial charge in [-0.1, -0.05) is 31.4 Å². The number of rotatable bonds is 10. The van der Waals surface area contributed by atoms with Crippen molar-refractivity contribution in [2.24, 2.45) is 5.73 Å². The van der Waals surface area contributed by atoms with Gasteiger partial charge in [0.15, 0.2) is 18.1 Å². The Bertz CT molecular complexity index is 466. The standard InChI is InChI=1S/C15H23ClN2O3/c1-3-4-5-6-18-9-11-7-12(16)15(13(8-11)20-2)21-10-14(17)19/h7-8,18H,3-6,9-10H2,1-2H3,(H2,17,19). The Labute approximate surface area is 130 Å². The minimum atomic E-state index is -0.560. The summed E-state index contributed by atoms with van der Waals surface area (Å²) in [5, 5.41) is 3.76. The topological polar surface area (TPSA) is 73.6 Å². The minimum Gasteiger partial charge on any atom is -0.493 e. The Morgan fingerprint density at radius 1 is 1.38 bits per heavy atom. The average molecular weight is 315 g/mol. The van der Waals surface area contributed by atoms with E-state index in [9.17, 15) is 4.79 Å². The molecule has 0 aromatic heterocycles. The molecule has 1 aromatic carbocycles. The largest absolute Gasteiger partial charge is 0.493 e. The third-order valence-electron chi connectivity index (χ3n) is 2.93. The highest BCUT2D eigenvalue weighted by molar-refractivity contribution is 6.32. The van der Waals surface area contributed by atoms with E-state index >= 15 is 0 Å². The van der Waals surface area contributed by atoms with Gasteiger partial charge in [0.25, 0.3) is 5.91 Å². The second-order valence-electron chi connectivity index (χ2n) is 4.75. The van der Waals surface area contributed by atoms with Crippen molar-refractivity contribution >= 4 is 17.5 Å². The maximum Gasteiger partial charge on any atom is 0.255 e. The van der Waals surface area contributed by atoms with Gasteiger partial charge in [0, 0.05) is 6.54 Å². The smallest absolute Gasteiger partial charge is 0.255 e. The number of amides is 1. The number of nitrogens with one attached hydrogen (secondary N) is 1. The van der Waals surface area contributed by atoms with Crippen LogP contribution in [0.15, 0.2) is 12.1 Å². The summed E-state index contributed by atoms with van der Waals surface area (Å²) in [6, 6.07) is 3.64. The van der Waals surface area contributed by atoms with Crippen LogP contribution in [0.4, 0.5) is 0 Å². The van der Waals surface area contributed by atoms with Crippen LogP contribution in [0.1, 0.15) is 31.7 Å². The molecule has 1 rings (SSSR count). The number of methoxy groups -OCH3 is 1. The van der Waals surface area contributed by atoms with E-state index in [2.05, 4.69) is 12.2 Å². The molecule has 21 heavy (non-hydrogen) atoms. The van der Waals surface area contributed by atoms with Crippen molar-refractivity contribution < 1.29 is 14.3 Å². The molecule has 0 aliphatic rings. The number of nitrogens with two attached hydrogens (primary N) is 1. The summed E-state index contributed by atoms with van der Waals surface area (Å²) in [5.74, 6) is 0.275. The van der Waals surface area contributed by atoms with Crippen molar-refractivity contribution in [2.75, 3.05) is 20.3 Å². The lowest BCUT2D eigenvalue weighted by molar-refractivity contribution is -0.119. The molecule has 3 N–H and O–H groups in total. The number of hydrogen-bond donors (Lipinski definition) is 2. The number of primary amides is 1. The number of carbonyl (C=O) groups is 1. The predicted octanol–water partition coefficient (Wildman–Crippen LogP) is 2.49. The molecule has 0 aliphatic carbocycles. The number of carbonyl (C=O) groups excluding carboxylic acids is 1. The van der Waals surface area contributed by atoms with E-state index in [4.69, 9.17) is 26.8 Å². The summed E-state index contributed by atoms with van der Waals surface area (Å²) in [4.78, 5) is 10.8. The van der Waals surface area contributed by atoms with Gasteiger partial charge in [-0.3, -0.25) is 4.79 Å². The maximum atomic E-state index is 10.8. The molecule has 0 saturated carbocycles. The molecule has 0 aliphatic heterocycles. The third kappa shape index (κ3) is 6.23. The van der Waals surface area contributed by atoms with Crippen molar-refractivity contribution in [3.05, 3.63) is 22.7 Å². The lowest BCUT2D eigenvalue weighted by Gasteiger charge is -2.13. The van der Waals surface area contributed by atoms with Gasteiger partial charge >= 0.3 is 0 Å². The Hall–Kier alpha value is -1.46. The Morgan fingerprint density at radius 2 is 2.14 bits per heavy atom. The molecule has 5 nitrogen and oxygen atoms in total. The van der Waals surface area contributed by atoms with Gasteiger partial charge in [0.05, 0.1) is 12.1 Å². The van der Waals surface area contributed by atoms with Crippen molar-refractivity contribution in [3.8, 4) is 11.5 Å². The highest BCUT2D eigenvalue weighted by Crippen LogP contribution is 2.36. The van der Waals surface area contributed by atoms with Crippen molar-refractivity contribution in [2.45, 2.75) is 32.7 Å². The first-order valence-corrected chi connectivity index (χ1v) is 7.44. The molecular weight excluding hydrogens is 292 g/mol. The molecule has 0 spiro atoms. The van der Waals surface area contributed by atoms with Crippen LogP contribution >= 0.6 is 11.6 Å². The van der Waals surface area contributed by atoms with Crippen molar-refractivity contribution in [1.82, 2.24) is 5.32 Å². The fraction of sp³-hybridized carbons (Fsp3) is 0.533. The van der Waals surface area contributed by atoms with Crippen LogP contribution in [-0.4, -0.2) is 26.2 Å². The van der Waals surface area contributed by atoms with E-state index in [0.717, 1.165) is 18.5 Å². The lowest BCUT2D eigenvalue weighted by atomic mass is 10.2. The van der Waals surface area contributed by atoms with Gasteiger partial charge in [0.1, 0.15) is 0 Å². The van der Waals surface area contributed by atoms with Crippen LogP contribution in [-0.2, 0) is 11.3 Å². The molecular formula is C15H23ClN2O3. The van der Waals surface area contributed by atoms with E-state index in [1.165, 1.54) is 20.0 Å². The quantitative estimate of drug-likeness (QED) is 0.651. The van der Waals surface area contributed by atoms with Crippen LogP contribution in [0.3, 0.4) is 0 Å². The van der Waals surface area contributed by atoms with Crippen molar-refractivity contribution in [1.29, 1.82) is 0 Å². The molecule has 0 radical (unpaired) electrons. The molecule has 0 saturated heterocycles. The van der Waals surface area contributed by atoms with Gasteiger partial charge in [-0.2, -0.15) is 0 Å². The normalized spacial score (nSPS) is 10.4. The van der Waals surface area contributed by atoms with Crippen molar-refractivity contribution in [3.63, 3.8) is 0 Å². The minimum absolute atomic E-state index is 0.231. The van der Waals surface area contributed by atoms with E-state index in [-0.39, 0.29) is 6.61 Å². The Morgan fingerprint density at radius 3 is 2.76 bits per heavy atom. The molecule has 0 atom stereocenters. The summed E-state index contributed by atoms with van der Waals surface area (Å²) < 4.78 is 10.5. The number of halogens is 1. The summed E-state index contributed by atoms with van der Waals surface area (Å²) in [5.41, 5.74) is 6.06. The molecule has 1 amide bonds. The third-order valence-corrected chi connectivity index (χ3v) is 3.21. The van der Waals surface area contributed by atoms with Gasteiger partial charge in [-0.05, 0) is 30.7 Å². The first-order valence-electron chi connectivity index (χ1n) is 7.06. The molecule has 0 bridgehead atoms. The highest BCUT2D eigenvalue weighted by atomic mass is 35.5. The highest BCUT2D eigenvalue weighted by Gasteiger charge is 2.12. The average Bonchev–Trinajstić information content (AvgIpc) is 2.45. The molecule has 6 heteroatoms. The van der Waals surface area contributed by atoms with E-state index < -0.39 is 5.91 Å². The SMILES string of the molecule is CCCCCNCc1cc(Cl)c(OCC(N)=O)c(OC)c1.